The van der Waals surface area contributed by atoms with Gasteiger partial charge in [-0.3, -0.25) is 19.5 Å². The molecule has 1 fully saturated rings. The predicted molar refractivity (Wildman–Crippen MR) is 116 cm³/mol. The van der Waals surface area contributed by atoms with Crippen LogP contribution in [0.15, 0.2) is 41.2 Å². The van der Waals surface area contributed by atoms with E-state index in [9.17, 15) is 19.2 Å². The van der Waals surface area contributed by atoms with Crippen molar-refractivity contribution < 1.29 is 19.1 Å². The number of nitrogens with zero attached hydrogens (tertiary/aromatic N) is 2. The summed E-state index contributed by atoms with van der Waals surface area (Å²) in [6, 6.07) is 10.2. The Hall–Kier alpha value is -4.08. The maximum Gasteiger partial charge on any atom is 0.326 e. The van der Waals surface area contributed by atoms with Crippen LogP contribution in [0.1, 0.15) is 11.1 Å². The van der Waals surface area contributed by atoms with E-state index in [1.807, 2.05) is 12.1 Å². The molecule has 1 aromatic heterocycles. The molecule has 0 unspecified atom stereocenters. The van der Waals surface area contributed by atoms with Crippen molar-refractivity contribution in [1.82, 2.24) is 19.8 Å². The zero-order valence-corrected chi connectivity index (χ0v) is 17.5. The molecular weight excluding hydrogens is 414 g/mol. The molecule has 1 aliphatic carbocycles. The SMILES string of the molecule is COc1ccc2c(c1)[nH]c(=O)n2CC(=O)Nc1ccc2c(c1)C[C@]1(C2)C(=O)NC(=O)N1C. The number of likely N-dealkylation sites (N-methyl/N-ethyl adjacent to an activating group) is 1. The van der Waals surface area contributed by atoms with Crippen molar-refractivity contribution in [3.63, 3.8) is 0 Å². The lowest BCUT2D eigenvalue weighted by molar-refractivity contribution is -0.125. The van der Waals surface area contributed by atoms with Crippen molar-refractivity contribution >= 4 is 34.6 Å². The smallest absolute Gasteiger partial charge is 0.326 e. The Kier molecular flexibility index (Phi) is 4.33. The number of urea groups is 1. The van der Waals surface area contributed by atoms with Crippen LogP contribution in [0.4, 0.5) is 10.5 Å². The van der Waals surface area contributed by atoms with E-state index < -0.39 is 11.6 Å². The molecule has 2 heterocycles. The number of aromatic amines is 1. The standard InChI is InChI=1S/C22H21N5O5/c1-26-20(30)25-19(29)22(26)9-12-3-4-14(7-13(12)10-22)23-18(28)11-27-17-6-5-15(32-2)8-16(17)24-21(27)31/h3-8H,9-11H2,1-2H3,(H,23,28)(H,24,31)(H,25,29,30)/t22-/m1/s1. The molecule has 0 bridgehead atoms. The average Bonchev–Trinajstić information content (AvgIpc) is 3.36. The maximum atomic E-state index is 12.7. The minimum absolute atomic E-state index is 0.161. The van der Waals surface area contributed by atoms with Gasteiger partial charge in [-0.2, -0.15) is 0 Å². The van der Waals surface area contributed by atoms with Crippen molar-refractivity contribution in [2.45, 2.75) is 24.9 Å². The number of anilines is 1. The van der Waals surface area contributed by atoms with Gasteiger partial charge < -0.3 is 19.9 Å². The first-order valence-electron chi connectivity index (χ1n) is 10.1. The van der Waals surface area contributed by atoms with Crippen molar-refractivity contribution in [3.8, 4) is 5.75 Å². The maximum absolute atomic E-state index is 12.7. The minimum Gasteiger partial charge on any atom is -0.497 e. The third-order valence-corrected chi connectivity index (χ3v) is 6.33. The fourth-order valence-corrected chi connectivity index (χ4v) is 4.55. The van der Waals surface area contributed by atoms with Crippen LogP contribution in [-0.4, -0.2) is 52.0 Å². The number of hydrogen-bond donors (Lipinski definition) is 3. The Morgan fingerprint density at radius 3 is 2.62 bits per heavy atom. The molecule has 0 radical (unpaired) electrons. The summed E-state index contributed by atoms with van der Waals surface area (Å²) in [5.41, 5.74) is 2.30. The second-order valence-corrected chi connectivity index (χ2v) is 8.13. The highest BCUT2D eigenvalue weighted by molar-refractivity contribution is 6.07. The summed E-state index contributed by atoms with van der Waals surface area (Å²) in [6.45, 7) is -0.161. The van der Waals surface area contributed by atoms with Gasteiger partial charge in [-0.05, 0) is 35.4 Å². The van der Waals surface area contributed by atoms with Crippen LogP contribution in [0.2, 0.25) is 0 Å². The van der Waals surface area contributed by atoms with Gasteiger partial charge in [0.05, 0.1) is 18.1 Å². The van der Waals surface area contributed by atoms with Gasteiger partial charge in [0, 0.05) is 31.6 Å². The molecule has 164 valence electrons. The number of benzene rings is 2. The summed E-state index contributed by atoms with van der Waals surface area (Å²) in [7, 11) is 3.15. The first-order valence-corrected chi connectivity index (χ1v) is 10.1. The van der Waals surface area contributed by atoms with Crippen LogP contribution in [0.25, 0.3) is 11.0 Å². The Bertz CT molecular complexity index is 1360. The molecule has 1 saturated heterocycles. The average molecular weight is 435 g/mol. The number of amides is 4. The zero-order valence-electron chi connectivity index (χ0n) is 17.5. The van der Waals surface area contributed by atoms with E-state index in [4.69, 9.17) is 4.74 Å². The Balaban J connectivity index is 1.34. The molecule has 10 nitrogen and oxygen atoms in total. The highest BCUT2D eigenvalue weighted by atomic mass is 16.5. The molecule has 1 atom stereocenters. The number of aromatic nitrogens is 2. The molecule has 32 heavy (non-hydrogen) atoms. The first-order chi connectivity index (χ1) is 15.3. The van der Waals surface area contributed by atoms with Gasteiger partial charge >= 0.3 is 11.7 Å². The molecule has 0 saturated carbocycles. The number of H-pyrrole nitrogens is 1. The molecule has 4 amide bonds. The number of nitrogens with one attached hydrogen (secondary N) is 3. The number of carbonyl (C=O) groups is 3. The predicted octanol–water partition coefficient (Wildman–Crippen LogP) is 0.996. The molecule has 1 aliphatic heterocycles. The van der Waals surface area contributed by atoms with Gasteiger partial charge in [-0.1, -0.05) is 6.07 Å². The largest absolute Gasteiger partial charge is 0.497 e. The Labute approximate surface area is 182 Å². The van der Waals surface area contributed by atoms with E-state index in [0.29, 0.717) is 35.3 Å². The molecule has 2 aromatic carbocycles. The number of methoxy groups -OCH3 is 1. The summed E-state index contributed by atoms with van der Waals surface area (Å²) in [6.07, 6.45) is 0.808. The third-order valence-electron chi connectivity index (χ3n) is 6.33. The lowest BCUT2D eigenvalue weighted by atomic mass is 9.95. The van der Waals surface area contributed by atoms with Gasteiger partial charge in [0.1, 0.15) is 17.8 Å². The Morgan fingerprint density at radius 2 is 1.91 bits per heavy atom. The first kappa shape index (κ1) is 19.9. The number of hydrogen-bond acceptors (Lipinski definition) is 5. The summed E-state index contributed by atoms with van der Waals surface area (Å²) in [5, 5.41) is 5.18. The van der Waals surface area contributed by atoms with Gasteiger partial charge in [0.2, 0.25) is 5.91 Å². The second-order valence-electron chi connectivity index (χ2n) is 8.13. The van der Waals surface area contributed by atoms with Crippen LogP contribution < -0.4 is 21.1 Å². The van der Waals surface area contributed by atoms with Crippen molar-refractivity contribution in [3.05, 3.63) is 58.0 Å². The van der Waals surface area contributed by atoms with Gasteiger partial charge in [0.15, 0.2) is 0 Å². The summed E-state index contributed by atoms with van der Waals surface area (Å²) < 4.78 is 6.52. The minimum atomic E-state index is -0.916. The number of carbonyl (C=O) groups excluding carboxylic acids is 3. The lowest BCUT2D eigenvalue weighted by Crippen LogP contribution is -2.48. The van der Waals surface area contributed by atoms with Crippen LogP contribution in [0, 0.1) is 0 Å². The summed E-state index contributed by atoms with van der Waals surface area (Å²) >= 11 is 0. The van der Waals surface area contributed by atoms with Gasteiger partial charge in [-0.15, -0.1) is 0 Å². The molecule has 3 aromatic rings. The molecule has 10 heteroatoms. The fourth-order valence-electron chi connectivity index (χ4n) is 4.55. The number of imidazole rings is 1. The van der Waals surface area contributed by atoms with E-state index >= 15 is 0 Å². The van der Waals surface area contributed by atoms with Crippen LogP contribution in [0.3, 0.4) is 0 Å². The van der Waals surface area contributed by atoms with Crippen LogP contribution in [0.5, 0.6) is 5.75 Å². The summed E-state index contributed by atoms with van der Waals surface area (Å²) in [4.78, 5) is 53.5. The fraction of sp³-hybridized carbons (Fsp3) is 0.273. The van der Waals surface area contributed by atoms with Crippen molar-refractivity contribution in [2.75, 3.05) is 19.5 Å². The van der Waals surface area contributed by atoms with E-state index in [1.165, 1.54) is 16.6 Å². The van der Waals surface area contributed by atoms with Crippen LogP contribution >= 0.6 is 0 Å². The number of imide groups is 1. The molecule has 5 rings (SSSR count). The highest BCUT2D eigenvalue weighted by Gasteiger charge is 2.54. The third kappa shape index (κ3) is 2.95. The van der Waals surface area contributed by atoms with E-state index in [-0.39, 0.29) is 24.0 Å². The van der Waals surface area contributed by atoms with Crippen molar-refractivity contribution in [1.29, 1.82) is 0 Å². The number of fused-ring (bicyclic) bond motifs is 2. The second kappa shape index (κ2) is 6.98. The number of rotatable bonds is 4. The van der Waals surface area contributed by atoms with E-state index in [1.54, 1.807) is 31.3 Å². The van der Waals surface area contributed by atoms with E-state index in [2.05, 4.69) is 15.6 Å². The molecular formula is C22H21N5O5. The summed E-state index contributed by atoms with van der Waals surface area (Å²) in [5.74, 6) is -0.0564. The normalized spacial score (nSPS) is 19.5. The quantitative estimate of drug-likeness (QED) is 0.527. The Morgan fingerprint density at radius 1 is 1.12 bits per heavy atom. The number of ether oxygens (including phenoxy) is 1. The van der Waals surface area contributed by atoms with Gasteiger partial charge in [0.25, 0.3) is 5.91 Å². The van der Waals surface area contributed by atoms with Crippen molar-refractivity contribution in [2.24, 2.45) is 0 Å². The van der Waals surface area contributed by atoms with E-state index in [0.717, 1.165) is 11.1 Å². The zero-order chi connectivity index (χ0) is 22.6. The van der Waals surface area contributed by atoms with Gasteiger partial charge in [-0.25, -0.2) is 9.59 Å². The molecule has 1 spiro atoms. The lowest BCUT2D eigenvalue weighted by Gasteiger charge is -2.27. The monoisotopic (exact) mass is 435 g/mol. The molecule has 3 N–H and O–H groups in total. The topological polar surface area (TPSA) is 126 Å². The molecule has 2 aliphatic rings. The van der Waals surface area contributed by atoms with Crippen LogP contribution in [-0.2, 0) is 29.0 Å². The highest BCUT2D eigenvalue weighted by Crippen LogP contribution is 2.38.